The van der Waals surface area contributed by atoms with Crippen molar-refractivity contribution in [2.24, 2.45) is 5.92 Å². The molecule has 4 atom stereocenters. The van der Waals surface area contributed by atoms with Crippen molar-refractivity contribution in [2.75, 3.05) is 27.3 Å². The monoisotopic (exact) mass is 892 g/mol. The van der Waals surface area contributed by atoms with E-state index >= 15 is 0 Å². The van der Waals surface area contributed by atoms with Crippen molar-refractivity contribution in [3.05, 3.63) is 120 Å². The predicted molar refractivity (Wildman–Crippen MR) is 243 cm³/mol. The third kappa shape index (κ3) is 11.0. The van der Waals surface area contributed by atoms with E-state index in [0.29, 0.717) is 42.4 Å². The van der Waals surface area contributed by atoms with Crippen molar-refractivity contribution in [3.8, 4) is 46.1 Å². The number of halogens is 2. The number of aromatic amines is 2. The zero-order valence-corrected chi connectivity index (χ0v) is 37.0. The molecular formula is C47H50Cl2N8O6. The summed E-state index contributed by atoms with van der Waals surface area (Å²) in [6, 6.07) is 22.9. The standard InChI is InChI=1S/C47H48N8O6.2ClH/c1-30(2)40(52-46(58)60-3)44(56)54-25-14-22-39(54)43-49-29-37(51-43)34-24-23-32(36(27-34)31-15-7-5-8-16-31)17-11-12-20-35-28-48-42(50-35)38-21-13-26-55(38)45(57)41(53-47(59)61-4)33-18-9-6-10-19-33;;/h5-10,15-16,18-19,23-24,27-30,38-41H,13-14,21-22,25-26H2,1-4H3,(H,48,50)(H,49,51)(H,52,58)(H,53,59);2*1H/t38-,39-,40-,41-;;/m0../s1. The number of hydrogen-bond acceptors (Lipinski definition) is 8. The zero-order valence-electron chi connectivity index (χ0n) is 35.3. The van der Waals surface area contributed by atoms with Crippen LogP contribution in [0.5, 0.6) is 0 Å². The SMILES string of the molecule is COC(=O)N[C@H](C(=O)N1CCC[C@H]1c1ncc(C#CC#Cc2ccc(-c3cnc([C@@H]4CCCN4C(=O)[C@@H](NC(=O)OC)C(C)C)[nH]3)cc2-c2ccccc2)[nH]1)c1ccccc1.Cl.Cl. The number of amides is 4. The molecule has 63 heavy (non-hydrogen) atoms. The number of nitrogens with one attached hydrogen (secondary N) is 4. The van der Waals surface area contributed by atoms with Gasteiger partial charge in [-0.05, 0) is 78.2 Å². The molecule has 2 saturated heterocycles. The molecule has 16 heteroatoms. The third-order valence-electron chi connectivity index (χ3n) is 11.0. The van der Waals surface area contributed by atoms with Crippen molar-refractivity contribution in [3.63, 3.8) is 0 Å². The first-order valence-corrected chi connectivity index (χ1v) is 20.3. The summed E-state index contributed by atoms with van der Waals surface area (Å²) in [4.78, 5) is 71.3. The summed E-state index contributed by atoms with van der Waals surface area (Å²) >= 11 is 0. The molecule has 4 N–H and O–H groups in total. The average Bonchev–Trinajstić information content (AvgIpc) is 4.14. The predicted octanol–water partition coefficient (Wildman–Crippen LogP) is 7.52. The fourth-order valence-electron chi connectivity index (χ4n) is 7.88. The summed E-state index contributed by atoms with van der Waals surface area (Å²) in [5.74, 6) is 13.0. The van der Waals surface area contributed by atoms with E-state index in [2.05, 4.69) is 55.3 Å². The number of hydrogen-bond donors (Lipinski definition) is 4. The second-order valence-electron chi connectivity index (χ2n) is 15.2. The Kier molecular flexibility index (Phi) is 16.4. The molecule has 0 radical (unpaired) electrons. The molecule has 0 bridgehead atoms. The van der Waals surface area contributed by atoms with Gasteiger partial charge in [0.2, 0.25) is 5.91 Å². The lowest BCUT2D eigenvalue weighted by atomic mass is 9.96. The minimum atomic E-state index is -0.910. The van der Waals surface area contributed by atoms with Crippen LogP contribution in [0.2, 0.25) is 0 Å². The molecule has 0 spiro atoms. The largest absolute Gasteiger partial charge is 0.453 e. The zero-order chi connectivity index (χ0) is 42.9. The molecule has 2 aliphatic heterocycles. The molecule has 0 aliphatic carbocycles. The number of nitrogens with zero attached hydrogens (tertiary/aromatic N) is 4. The van der Waals surface area contributed by atoms with Gasteiger partial charge in [-0.1, -0.05) is 86.5 Å². The van der Waals surface area contributed by atoms with E-state index in [1.807, 2.05) is 74.5 Å². The molecule has 5 aromatic rings. The second kappa shape index (κ2) is 21.9. The van der Waals surface area contributed by atoms with E-state index in [1.165, 1.54) is 14.2 Å². The van der Waals surface area contributed by atoms with Crippen LogP contribution >= 0.6 is 24.8 Å². The van der Waals surface area contributed by atoms with Crippen molar-refractivity contribution in [1.29, 1.82) is 0 Å². The van der Waals surface area contributed by atoms with Crippen molar-refractivity contribution in [2.45, 2.75) is 63.7 Å². The van der Waals surface area contributed by atoms with Gasteiger partial charge in [0, 0.05) is 24.2 Å². The van der Waals surface area contributed by atoms with Gasteiger partial charge >= 0.3 is 12.2 Å². The topological polar surface area (TPSA) is 175 Å². The molecule has 0 unspecified atom stereocenters. The van der Waals surface area contributed by atoms with Gasteiger partial charge in [0.05, 0.1) is 44.4 Å². The minimum Gasteiger partial charge on any atom is -0.453 e. The van der Waals surface area contributed by atoms with E-state index in [0.717, 1.165) is 47.2 Å². The maximum atomic E-state index is 13.9. The van der Waals surface area contributed by atoms with E-state index < -0.39 is 24.3 Å². The van der Waals surface area contributed by atoms with Crippen LogP contribution in [0.25, 0.3) is 22.4 Å². The van der Waals surface area contributed by atoms with Gasteiger partial charge in [-0.25, -0.2) is 19.6 Å². The van der Waals surface area contributed by atoms with Crippen LogP contribution in [0.15, 0.2) is 91.3 Å². The van der Waals surface area contributed by atoms with Gasteiger partial charge in [0.15, 0.2) is 0 Å². The number of methoxy groups -OCH3 is 2. The maximum absolute atomic E-state index is 13.9. The Morgan fingerprint density at radius 3 is 1.95 bits per heavy atom. The lowest BCUT2D eigenvalue weighted by molar-refractivity contribution is -0.135. The normalized spacial score (nSPS) is 16.2. The smallest absolute Gasteiger partial charge is 0.407 e. The number of aromatic nitrogens is 4. The first-order chi connectivity index (χ1) is 29.6. The van der Waals surface area contributed by atoms with Gasteiger partial charge in [-0.15, -0.1) is 24.8 Å². The molecule has 7 rings (SSSR count). The second-order valence-corrected chi connectivity index (χ2v) is 15.2. The number of alkyl carbamates (subject to hydrolysis) is 2. The molecular weight excluding hydrogens is 843 g/mol. The highest BCUT2D eigenvalue weighted by molar-refractivity contribution is 5.88. The van der Waals surface area contributed by atoms with Gasteiger partial charge in [-0.2, -0.15) is 0 Å². The molecule has 328 valence electrons. The van der Waals surface area contributed by atoms with Crippen LogP contribution in [-0.2, 0) is 19.1 Å². The summed E-state index contributed by atoms with van der Waals surface area (Å²) in [5.41, 5.74) is 5.60. The highest BCUT2D eigenvalue weighted by Gasteiger charge is 2.38. The van der Waals surface area contributed by atoms with E-state index in [9.17, 15) is 19.2 Å². The summed E-state index contributed by atoms with van der Waals surface area (Å²) in [7, 11) is 2.55. The number of carbonyl (C=O) groups excluding carboxylic acids is 4. The van der Waals surface area contributed by atoms with Gasteiger partial charge < -0.3 is 39.9 Å². The minimum absolute atomic E-state index is 0. The van der Waals surface area contributed by atoms with Crippen LogP contribution in [0.4, 0.5) is 9.59 Å². The van der Waals surface area contributed by atoms with Crippen molar-refractivity contribution < 1.29 is 28.7 Å². The Labute approximate surface area is 379 Å². The van der Waals surface area contributed by atoms with Crippen molar-refractivity contribution in [1.82, 2.24) is 40.4 Å². The van der Waals surface area contributed by atoms with Crippen LogP contribution in [0, 0.1) is 29.6 Å². The Morgan fingerprint density at radius 2 is 1.30 bits per heavy atom. The Morgan fingerprint density at radius 1 is 0.714 bits per heavy atom. The van der Waals surface area contributed by atoms with E-state index in [1.54, 1.807) is 34.3 Å². The third-order valence-corrected chi connectivity index (χ3v) is 11.0. The summed E-state index contributed by atoms with van der Waals surface area (Å²) < 4.78 is 9.59. The lowest BCUT2D eigenvalue weighted by Gasteiger charge is -2.30. The van der Waals surface area contributed by atoms with Gasteiger partial charge in [0.1, 0.15) is 29.4 Å². The van der Waals surface area contributed by atoms with Gasteiger partial charge in [0.25, 0.3) is 5.91 Å². The van der Waals surface area contributed by atoms with Crippen LogP contribution < -0.4 is 10.6 Å². The highest BCUT2D eigenvalue weighted by Crippen LogP contribution is 2.35. The maximum Gasteiger partial charge on any atom is 0.407 e. The molecule has 2 fully saturated rings. The number of benzene rings is 3. The lowest BCUT2D eigenvalue weighted by Crippen LogP contribution is -2.51. The molecule has 2 aliphatic rings. The van der Waals surface area contributed by atoms with Crippen LogP contribution in [-0.4, -0.2) is 87.1 Å². The number of H-pyrrole nitrogens is 2. The fraction of sp³-hybridized carbons (Fsp3) is 0.319. The first kappa shape index (κ1) is 47.3. The Bertz CT molecular complexity index is 2510. The highest BCUT2D eigenvalue weighted by atomic mass is 35.5. The van der Waals surface area contributed by atoms with Crippen LogP contribution in [0.3, 0.4) is 0 Å². The summed E-state index contributed by atoms with van der Waals surface area (Å²) in [5, 5.41) is 5.39. The molecule has 4 heterocycles. The van der Waals surface area contributed by atoms with E-state index in [-0.39, 0.29) is 54.6 Å². The summed E-state index contributed by atoms with van der Waals surface area (Å²) in [6.07, 6.45) is 5.14. The van der Waals surface area contributed by atoms with E-state index in [4.69, 9.17) is 14.5 Å². The average molecular weight is 894 g/mol. The quantitative estimate of drug-likeness (QED) is 0.104. The number of imidazole rings is 2. The molecule has 2 aromatic heterocycles. The first-order valence-electron chi connectivity index (χ1n) is 20.3. The summed E-state index contributed by atoms with van der Waals surface area (Å²) in [6.45, 7) is 4.86. The number of ether oxygens (including phenoxy) is 2. The fourth-order valence-corrected chi connectivity index (χ4v) is 7.88. The Balaban J connectivity index is 0.00000374. The number of likely N-dealkylation sites (tertiary alicyclic amines) is 2. The number of rotatable bonds is 10. The van der Waals surface area contributed by atoms with Crippen LogP contribution in [0.1, 0.15) is 86.1 Å². The molecule has 14 nitrogen and oxygen atoms in total. The molecule has 0 saturated carbocycles. The molecule has 3 aromatic carbocycles. The number of carbonyl (C=O) groups is 4. The van der Waals surface area contributed by atoms with Crippen molar-refractivity contribution >= 4 is 48.8 Å². The van der Waals surface area contributed by atoms with Gasteiger partial charge in [-0.3, -0.25) is 9.59 Å². The molecule has 4 amide bonds. The Hall–Kier alpha value is -6.74.